The first kappa shape index (κ1) is 11.8. The monoisotopic (exact) mass is 234 g/mol. The number of nitrogens with one attached hydrogen (secondary N) is 1. The van der Waals surface area contributed by atoms with Gasteiger partial charge in [0.1, 0.15) is 5.15 Å². The van der Waals surface area contributed by atoms with E-state index < -0.39 is 0 Å². The third-order valence-electron chi connectivity index (χ3n) is 1.78. The minimum atomic E-state index is 0.0669. The van der Waals surface area contributed by atoms with Crippen molar-refractivity contribution in [3.05, 3.63) is 10.5 Å². The van der Waals surface area contributed by atoms with Gasteiger partial charge in [-0.25, -0.2) is 4.98 Å². The van der Waals surface area contributed by atoms with Gasteiger partial charge in [0.15, 0.2) is 5.13 Å². The van der Waals surface area contributed by atoms with Gasteiger partial charge < -0.3 is 10.4 Å². The Morgan fingerprint density at radius 2 is 2.36 bits per heavy atom. The van der Waals surface area contributed by atoms with E-state index in [0.29, 0.717) is 11.1 Å². The molecule has 1 heterocycles. The fourth-order valence-corrected chi connectivity index (χ4v) is 2.16. The van der Waals surface area contributed by atoms with Gasteiger partial charge in [-0.3, -0.25) is 0 Å². The molecule has 0 fully saturated rings. The number of nitrogens with zero attached hydrogens (tertiary/aromatic N) is 1. The maximum atomic E-state index is 9.12. The maximum Gasteiger partial charge on any atom is 0.184 e. The number of aromatic nitrogens is 1. The van der Waals surface area contributed by atoms with Crippen LogP contribution in [-0.2, 0) is 0 Å². The summed E-state index contributed by atoms with van der Waals surface area (Å²) in [5.41, 5.74) is 0. The van der Waals surface area contributed by atoms with Gasteiger partial charge in [-0.15, -0.1) is 11.3 Å². The predicted molar refractivity (Wildman–Crippen MR) is 61.1 cm³/mol. The molecule has 0 aromatic carbocycles. The van der Waals surface area contributed by atoms with E-state index in [1.807, 2.05) is 0 Å². The molecule has 0 spiro atoms. The van der Waals surface area contributed by atoms with Crippen molar-refractivity contribution in [2.45, 2.75) is 26.3 Å². The Balaban J connectivity index is 2.48. The van der Waals surface area contributed by atoms with Gasteiger partial charge >= 0.3 is 0 Å². The van der Waals surface area contributed by atoms with E-state index in [1.54, 1.807) is 5.38 Å². The summed E-state index contributed by atoms with van der Waals surface area (Å²) < 4.78 is 0. The molecule has 0 amide bonds. The predicted octanol–water partition coefficient (Wildman–Crippen LogP) is 2.62. The number of aliphatic hydroxyl groups excluding tert-OH is 1. The van der Waals surface area contributed by atoms with Crippen molar-refractivity contribution in [3.8, 4) is 0 Å². The lowest BCUT2D eigenvalue weighted by Crippen LogP contribution is -2.25. The normalized spacial score (nSPS) is 13.2. The molecule has 1 rings (SSSR count). The van der Waals surface area contributed by atoms with Crippen LogP contribution < -0.4 is 5.32 Å². The zero-order chi connectivity index (χ0) is 10.6. The lowest BCUT2D eigenvalue weighted by molar-refractivity contribution is 0.259. The molecule has 0 aliphatic carbocycles. The number of aliphatic hydroxyl groups is 1. The quantitative estimate of drug-likeness (QED) is 0.823. The standard InChI is InChI=1S/C9H15ClN2OS/c1-6(2)3-7(4-13)11-9-12-8(10)5-14-9/h5-7,13H,3-4H2,1-2H3,(H,11,12). The number of halogens is 1. The molecule has 0 saturated carbocycles. The second-order valence-corrected chi connectivity index (χ2v) is 4.87. The Labute approximate surface area is 93.1 Å². The minimum absolute atomic E-state index is 0.0669. The molecule has 0 radical (unpaired) electrons. The largest absolute Gasteiger partial charge is 0.394 e. The smallest absolute Gasteiger partial charge is 0.184 e. The Hall–Kier alpha value is -0.320. The molecule has 14 heavy (non-hydrogen) atoms. The molecule has 0 saturated heterocycles. The van der Waals surface area contributed by atoms with Crippen LogP contribution >= 0.6 is 22.9 Å². The molecule has 1 aromatic heterocycles. The van der Waals surface area contributed by atoms with Crippen LogP contribution in [0.25, 0.3) is 0 Å². The van der Waals surface area contributed by atoms with Gasteiger partial charge in [-0.05, 0) is 12.3 Å². The van der Waals surface area contributed by atoms with Crippen molar-refractivity contribution in [3.63, 3.8) is 0 Å². The lowest BCUT2D eigenvalue weighted by Gasteiger charge is -2.17. The van der Waals surface area contributed by atoms with Gasteiger partial charge in [0.25, 0.3) is 0 Å². The van der Waals surface area contributed by atoms with Crippen molar-refractivity contribution in [2.75, 3.05) is 11.9 Å². The fraction of sp³-hybridized carbons (Fsp3) is 0.667. The molecule has 1 atom stereocenters. The van der Waals surface area contributed by atoms with Crippen molar-refractivity contribution < 1.29 is 5.11 Å². The highest BCUT2D eigenvalue weighted by atomic mass is 35.5. The summed E-state index contributed by atoms with van der Waals surface area (Å²) in [5, 5.41) is 15.3. The van der Waals surface area contributed by atoms with Gasteiger partial charge in [-0.1, -0.05) is 25.4 Å². The summed E-state index contributed by atoms with van der Waals surface area (Å²) >= 11 is 7.14. The molecule has 2 N–H and O–H groups in total. The van der Waals surface area contributed by atoms with Crippen LogP contribution in [0.4, 0.5) is 5.13 Å². The fourth-order valence-electron chi connectivity index (χ4n) is 1.24. The van der Waals surface area contributed by atoms with Gasteiger partial charge in [0.2, 0.25) is 0 Å². The zero-order valence-corrected chi connectivity index (χ0v) is 9.90. The number of thiazole rings is 1. The first-order chi connectivity index (χ1) is 6.61. The molecule has 0 bridgehead atoms. The van der Waals surface area contributed by atoms with Gasteiger partial charge in [0, 0.05) is 5.38 Å². The highest BCUT2D eigenvalue weighted by Crippen LogP contribution is 2.20. The molecule has 5 heteroatoms. The van der Waals surface area contributed by atoms with Crippen LogP contribution in [0.1, 0.15) is 20.3 Å². The Morgan fingerprint density at radius 3 is 2.79 bits per heavy atom. The lowest BCUT2D eigenvalue weighted by atomic mass is 10.1. The van der Waals surface area contributed by atoms with Crippen molar-refractivity contribution in [1.29, 1.82) is 0 Å². The van der Waals surface area contributed by atoms with E-state index >= 15 is 0 Å². The summed E-state index contributed by atoms with van der Waals surface area (Å²) in [6, 6.07) is 0.0669. The van der Waals surface area contributed by atoms with E-state index in [2.05, 4.69) is 24.1 Å². The third kappa shape index (κ3) is 3.82. The second kappa shape index (κ2) is 5.53. The molecule has 0 aliphatic rings. The summed E-state index contributed by atoms with van der Waals surface area (Å²) in [7, 11) is 0. The molecule has 0 aliphatic heterocycles. The summed E-state index contributed by atoms with van der Waals surface area (Å²) in [4.78, 5) is 4.07. The highest BCUT2D eigenvalue weighted by Gasteiger charge is 2.11. The van der Waals surface area contributed by atoms with Gasteiger partial charge in [-0.2, -0.15) is 0 Å². The van der Waals surface area contributed by atoms with E-state index in [0.717, 1.165) is 11.6 Å². The summed E-state index contributed by atoms with van der Waals surface area (Å²) in [5.74, 6) is 0.551. The average Bonchev–Trinajstić information content (AvgIpc) is 2.49. The average molecular weight is 235 g/mol. The van der Waals surface area contributed by atoms with Crippen molar-refractivity contribution in [2.24, 2.45) is 5.92 Å². The second-order valence-electron chi connectivity index (χ2n) is 3.63. The molecular formula is C9H15ClN2OS. The Kier molecular flexibility index (Phi) is 4.65. The van der Waals surface area contributed by atoms with Crippen molar-refractivity contribution in [1.82, 2.24) is 4.98 Å². The van der Waals surface area contributed by atoms with E-state index in [-0.39, 0.29) is 12.6 Å². The van der Waals surface area contributed by atoms with Crippen LogP contribution in [0, 0.1) is 5.92 Å². The van der Waals surface area contributed by atoms with E-state index in [9.17, 15) is 0 Å². The molecule has 80 valence electrons. The van der Waals surface area contributed by atoms with Gasteiger partial charge in [0.05, 0.1) is 12.6 Å². The summed E-state index contributed by atoms with van der Waals surface area (Å²) in [6.07, 6.45) is 0.924. The molecule has 1 unspecified atom stereocenters. The Morgan fingerprint density at radius 1 is 1.64 bits per heavy atom. The zero-order valence-electron chi connectivity index (χ0n) is 8.33. The maximum absolute atomic E-state index is 9.12. The first-order valence-electron chi connectivity index (χ1n) is 4.60. The van der Waals surface area contributed by atoms with Crippen LogP contribution in [0.5, 0.6) is 0 Å². The molecule has 1 aromatic rings. The van der Waals surface area contributed by atoms with Crippen LogP contribution in [-0.4, -0.2) is 22.7 Å². The minimum Gasteiger partial charge on any atom is -0.394 e. The topological polar surface area (TPSA) is 45.1 Å². The first-order valence-corrected chi connectivity index (χ1v) is 5.86. The van der Waals surface area contributed by atoms with E-state index in [1.165, 1.54) is 11.3 Å². The van der Waals surface area contributed by atoms with Crippen LogP contribution in [0.2, 0.25) is 5.15 Å². The Bertz CT molecular complexity index is 278. The third-order valence-corrected chi connectivity index (χ3v) is 2.88. The number of anilines is 1. The molecular weight excluding hydrogens is 220 g/mol. The molecule has 3 nitrogen and oxygen atoms in total. The van der Waals surface area contributed by atoms with E-state index in [4.69, 9.17) is 16.7 Å². The van der Waals surface area contributed by atoms with Crippen LogP contribution in [0.3, 0.4) is 0 Å². The number of rotatable bonds is 5. The SMILES string of the molecule is CC(C)CC(CO)Nc1nc(Cl)cs1. The van der Waals surface area contributed by atoms with Crippen molar-refractivity contribution >= 4 is 28.1 Å². The highest BCUT2D eigenvalue weighted by molar-refractivity contribution is 7.14. The van der Waals surface area contributed by atoms with Crippen LogP contribution in [0.15, 0.2) is 5.38 Å². The number of hydrogen-bond acceptors (Lipinski definition) is 4. The number of hydrogen-bond donors (Lipinski definition) is 2. The summed E-state index contributed by atoms with van der Waals surface area (Å²) in [6.45, 7) is 4.37.